The summed E-state index contributed by atoms with van der Waals surface area (Å²) in [5, 5.41) is 0. The Morgan fingerprint density at radius 1 is 1.32 bits per heavy atom. The van der Waals surface area contributed by atoms with E-state index >= 15 is 0 Å². The normalized spacial score (nSPS) is 27.3. The molecular formula is C13H20F2N2OS. The van der Waals surface area contributed by atoms with Crippen LogP contribution in [0.3, 0.4) is 0 Å². The predicted molar refractivity (Wildman–Crippen MR) is 72.7 cm³/mol. The van der Waals surface area contributed by atoms with Crippen molar-refractivity contribution in [3.05, 3.63) is 23.9 Å². The van der Waals surface area contributed by atoms with Crippen molar-refractivity contribution >= 4 is 11.4 Å². The average Bonchev–Trinajstić information content (AvgIpc) is 2.78. The van der Waals surface area contributed by atoms with Crippen LogP contribution in [0, 0.1) is 0 Å². The van der Waals surface area contributed by atoms with Gasteiger partial charge in [0.15, 0.2) is 5.95 Å². The first-order valence-electron chi connectivity index (χ1n) is 6.48. The summed E-state index contributed by atoms with van der Waals surface area (Å²) in [6.45, 7) is 6.25. The fraction of sp³-hybridized carbons (Fsp3) is 0.692. The molecule has 0 aliphatic carbocycles. The third kappa shape index (κ3) is 3.12. The minimum absolute atomic E-state index is 0.0785. The van der Waals surface area contributed by atoms with E-state index in [9.17, 15) is 13.3 Å². The molecule has 2 atom stereocenters. The minimum Gasteiger partial charge on any atom is -0.597 e. The molecule has 6 heteroatoms. The van der Waals surface area contributed by atoms with Crippen LogP contribution in [0.15, 0.2) is 23.9 Å². The molecule has 0 aromatic rings. The van der Waals surface area contributed by atoms with Crippen molar-refractivity contribution in [2.45, 2.75) is 44.5 Å². The molecule has 0 amide bonds. The summed E-state index contributed by atoms with van der Waals surface area (Å²) >= 11 is -1.21. The maximum atomic E-state index is 13.9. The molecule has 1 saturated heterocycles. The van der Waals surface area contributed by atoms with Gasteiger partial charge in [-0.15, -0.1) is 4.31 Å². The highest BCUT2D eigenvalue weighted by atomic mass is 32.2. The van der Waals surface area contributed by atoms with Crippen LogP contribution in [0.2, 0.25) is 0 Å². The Balaban J connectivity index is 2.16. The summed E-state index contributed by atoms with van der Waals surface area (Å²) in [5.74, 6) is -0.820. The lowest BCUT2D eigenvalue weighted by molar-refractivity contribution is 0.133. The van der Waals surface area contributed by atoms with Crippen molar-refractivity contribution in [3.8, 4) is 0 Å². The summed E-state index contributed by atoms with van der Waals surface area (Å²) in [6.07, 6.45) is 3.51. The van der Waals surface area contributed by atoms with E-state index < -0.39 is 22.1 Å². The smallest absolute Gasteiger partial charge is 0.191 e. The standard InChI is InChI=1S/C13H20F2N2OS/c1-13(2,3)19(18)17-8-4-5-12(17)16-9-10(14)6-7-11(16)15/h6-7,12H,4-5,8-9H2,1-3H3/t12-,19?/m1/s1. The van der Waals surface area contributed by atoms with Crippen LogP contribution in [-0.2, 0) is 11.4 Å². The molecule has 1 fully saturated rings. The molecule has 19 heavy (non-hydrogen) atoms. The zero-order valence-corrected chi connectivity index (χ0v) is 12.3. The number of hydrogen-bond acceptors (Lipinski definition) is 3. The van der Waals surface area contributed by atoms with Gasteiger partial charge in [-0.2, -0.15) is 4.39 Å². The number of nitrogens with zero attached hydrogens (tertiary/aromatic N) is 2. The Labute approximate surface area is 116 Å². The van der Waals surface area contributed by atoms with Gasteiger partial charge in [0.25, 0.3) is 0 Å². The Hall–Kier alpha value is -0.590. The molecule has 2 rings (SSSR count). The summed E-state index contributed by atoms with van der Waals surface area (Å²) in [7, 11) is 0. The maximum Gasteiger partial charge on any atom is 0.191 e. The molecule has 0 bridgehead atoms. The Kier molecular flexibility index (Phi) is 4.23. The topological polar surface area (TPSA) is 29.5 Å². The quantitative estimate of drug-likeness (QED) is 0.578. The van der Waals surface area contributed by atoms with Gasteiger partial charge in [-0.25, -0.2) is 4.39 Å². The molecule has 0 radical (unpaired) electrons. The van der Waals surface area contributed by atoms with Gasteiger partial charge in [0.1, 0.15) is 16.7 Å². The van der Waals surface area contributed by atoms with Crippen LogP contribution in [0.1, 0.15) is 33.6 Å². The third-order valence-corrected chi connectivity index (χ3v) is 5.17. The molecular weight excluding hydrogens is 270 g/mol. The van der Waals surface area contributed by atoms with E-state index in [4.69, 9.17) is 0 Å². The molecule has 2 aliphatic heterocycles. The zero-order chi connectivity index (χ0) is 14.2. The average molecular weight is 290 g/mol. The largest absolute Gasteiger partial charge is 0.597 e. The van der Waals surface area contributed by atoms with Gasteiger partial charge in [-0.1, -0.05) is 0 Å². The van der Waals surface area contributed by atoms with E-state index in [1.54, 1.807) is 4.31 Å². The molecule has 0 N–H and O–H groups in total. The molecule has 0 aromatic heterocycles. The summed E-state index contributed by atoms with van der Waals surface area (Å²) < 4.78 is 41.0. The van der Waals surface area contributed by atoms with Gasteiger partial charge in [0.2, 0.25) is 0 Å². The molecule has 2 aliphatic rings. The predicted octanol–water partition coefficient (Wildman–Crippen LogP) is 2.85. The van der Waals surface area contributed by atoms with Crippen LogP contribution in [0.4, 0.5) is 8.78 Å². The number of halogens is 2. The van der Waals surface area contributed by atoms with Crippen LogP contribution in [0.5, 0.6) is 0 Å². The molecule has 0 spiro atoms. The molecule has 108 valence electrons. The van der Waals surface area contributed by atoms with Crippen molar-refractivity contribution in [2.75, 3.05) is 13.1 Å². The van der Waals surface area contributed by atoms with Gasteiger partial charge in [-0.3, -0.25) is 0 Å². The first-order chi connectivity index (χ1) is 8.80. The van der Waals surface area contributed by atoms with E-state index in [0.29, 0.717) is 13.0 Å². The lowest BCUT2D eigenvalue weighted by Crippen LogP contribution is -2.51. The first-order valence-corrected chi connectivity index (χ1v) is 7.58. The molecule has 0 saturated carbocycles. The second-order valence-corrected chi connectivity index (χ2v) is 8.05. The highest BCUT2D eigenvalue weighted by Gasteiger charge is 2.44. The molecule has 2 heterocycles. The monoisotopic (exact) mass is 290 g/mol. The summed E-state index contributed by atoms with van der Waals surface area (Å²) in [4.78, 5) is 1.37. The van der Waals surface area contributed by atoms with Crippen LogP contribution >= 0.6 is 0 Å². The van der Waals surface area contributed by atoms with Crippen molar-refractivity contribution in [1.82, 2.24) is 9.21 Å². The SMILES string of the molecule is CC(C)(C)[S+]([O-])N1CCC[C@@H]1N1CC(F)=CC=C1F. The summed E-state index contributed by atoms with van der Waals surface area (Å²) in [6, 6.07) is 0. The van der Waals surface area contributed by atoms with Gasteiger partial charge in [0.05, 0.1) is 6.54 Å². The molecule has 1 unspecified atom stereocenters. The zero-order valence-electron chi connectivity index (χ0n) is 11.5. The van der Waals surface area contributed by atoms with E-state index in [-0.39, 0.29) is 18.5 Å². The number of allylic oxidation sites excluding steroid dienone is 2. The van der Waals surface area contributed by atoms with E-state index in [0.717, 1.165) is 18.6 Å². The summed E-state index contributed by atoms with van der Waals surface area (Å²) in [5.41, 5.74) is 0. The lowest BCUT2D eigenvalue weighted by atomic mass is 10.2. The van der Waals surface area contributed by atoms with Crippen molar-refractivity contribution in [2.24, 2.45) is 0 Å². The third-order valence-electron chi connectivity index (χ3n) is 3.27. The molecule has 3 nitrogen and oxygen atoms in total. The highest BCUT2D eigenvalue weighted by molar-refractivity contribution is 7.90. The van der Waals surface area contributed by atoms with Crippen molar-refractivity contribution in [3.63, 3.8) is 0 Å². The Bertz CT molecular complexity index is 406. The van der Waals surface area contributed by atoms with Gasteiger partial charge < -0.3 is 9.45 Å². The Morgan fingerprint density at radius 3 is 2.63 bits per heavy atom. The van der Waals surface area contributed by atoms with Gasteiger partial charge in [-0.05, 0) is 45.8 Å². The highest BCUT2D eigenvalue weighted by Crippen LogP contribution is 2.33. The van der Waals surface area contributed by atoms with Crippen LogP contribution < -0.4 is 0 Å². The first kappa shape index (κ1) is 14.8. The number of hydrogen-bond donors (Lipinski definition) is 0. The minimum atomic E-state index is -1.21. The van der Waals surface area contributed by atoms with Crippen molar-refractivity contribution in [1.29, 1.82) is 0 Å². The van der Waals surface area contributed by atoms with Crippen molar-refractivity contribution < 1.29 is 13.3 Å². The fourth-order valence-electron chi connectivity index (χ4n) is 2.37. The Morgan fingerprint density at radius 2 is 2.00 bits per heavy atom. The lowest BCUT2D eigenvalue weighted by Gasteiger charge is -2.38. The second-order valence-electron chi connectivity index (χ2n) is 5.86. The number of rotatable bonds is 2. The van der Waals surface area contributed by atoms with Crippen LogP contribution in [0.25, 0.3) is 0 Å². The van der Waals surface area contributed by atoms with Gasteiger partial charge >= 0.3 is 0 Å². The van der Waals surface area contributed by atoms with E-state index in [2.05, 4.69) is 0 Å². The van der Waals surface area contributed by atoms with Gasteiger partial charge in [0, 0.05) is 17.9 Å². The van der Waals surface area contributed by atoms with E-state index in [1.165, 1.54) is 4.90 Å². The molecule has 0 aromatic carbocycles. The maximum absolute atomic E-state index is 13.9. The van der Waals surface area contributed by atoms with Crippen LogP contribution in [-0.4, -0.2) is 37.8 Å². The fourth-order valence-corrected chi connectivity index (χ4v) is 3.81. The van der Waals surface area contributed by atoms with E-state index in [1.807, 2.05) is 20.8 Å². The second kappa shape index (κ2) is 5.42.